The molecule has 0 fully saturated rings. The summed E-state index contributed by atoms with van der Waals surface area (Å²) in [5, 5.41) is 0. The zero-order valence-corrected chi connectivity index (χ0v) is 12.9. The first-order valence-corrected chi connectivity index (χ1v) is 6.57. The molecule has 0 amide bonds. The van der Waals surface area contributed by atoms with Crippen molar-refractivity contribution in [2.75, 3.05) is 34.4 Å². The van der Waals surface area contributed by atoms with Gasteiger partial charge in [-0.2, -0.15) is 0 Å². The highest BCUT2D eigenvalue weighted by Gasteiger charge is 2.12. The highest BCUT2D eigenvalue weighted by Crippen LogP contribution is 2.30. The van der Waals surface area contributed by atoms with Crippen molar-refractivity contribution in [2.45, 2.75) is 20.4 Å². The van der Waals surface area contributed by atoms with E-state index in [9.17, 15) is 4.79 Å². The van der Waals surface area contributed by atoms with E-state index in [0.29, 0.717) is 24.7 Å². The lowest BCUT2D eigenvalue weighted by Gasteiger charge is -2.18. The minimum atomic E-state index is -0.215. The zero-order chi connectivity index (χ0) is 15.1. The molecule has 5 heteroatoms. The fourth-order valence-corrected chi connectivity index (χ4v) is 1.97. The zero-order valence-electron chi connectivity index (χ0n) is 12.9. The van der Waals surface area contributed by atoms with Crippen LogP contribution < -0.4 is 9.47 Å². The molecule has 0 atom stereocenters. The van der Waals surface area contributed by atoms with Crippen LogP contribution >= 0.6 is 0 Å². The summed E-state index contributed by atoms with van der Waals surface area (Å²) >= 11 is 0. The van der Waals surface area contributed by atoms with Crippen LogP contribution in [0.25, 0.3) is 0 Å². The lowest BCUT2D eigenvalue weighted by molar-refractivity contribution is -0.144. The average Bonchev–Trinajstić information content (AvgIpc) is 2.40. The molecule has 0 radical (unpaired) electrons. The van der Waals surface area contributed by atoms with Gasteiger partial charge in [0.15, 0.2) is 11.5 Å². The standard InChI is InChI=1S/C15H23NO4/c1-6-20-15(17)10-16(3)9-12-8-14(19-5)13(18-4)7-11(12)2/h7-8H,6,9-10H2,1-5H3. The molecule has 0 unspecified atom stereocenters. The summed E-state index contributed by atoms with van der Waals surface area (Å²) in [4.78, 5) is 13.4. The number of aryl methyl sites for hydroxylation is 1. The van der Waals surface area contributed by atoms with Gasteiger partial charge in [-0.3, -0.25) is 9.69 Å². The van der Waals surface area contributed by atoms with Crippen molar-refractivity contribution in [1.82, 2.24) is 4.90 Å². The van der Waals surface area contributed by atoms with Gasteiger partial charge < -0.3 is 14.2 Å². The van der Waals surface area contributed by atoms with Gasteiger partial charge in [-0.15, -0.1) is 0 Å². The van der Waals surface area contributed by atoms with E-state index in [4.69, 9.17) is 14.2 Å². The molecule has 0 saturated heterocycles. The quantitative estimate of drug-likeness (QED) is 0.715. The Morgan fingerprint density at radius 1 is 1.20 bits per heavy atom. The number of nitrogens with zero attached hydrogens (tertiary/aromatic N) is 1. The Morgan fingerprint density at radius 3 is 2.35 bits per heavy atom. The third-order valence-corrected chi connectivity index (χ3v) is 2.99. The summed E-state index contributed by atoms with van der Waals surface area (Å²) in [7, 11) is 5.11. The van der Waals surface area contributed by atoms with Crippen molar-refractivity contribution in [3.8, 4) is 11.5 Å². The van der Waals surface area contributed by atoms with Crippen LogP contribution in [-0.2, 0) is 16.1 Å². The predicted molar refractivity (Wildman–Crippen MR) is 77.3 cm³/mol. The molecule has 0 bridgehead atoms. The van der Waals surface area contributed by atoms with Crippen LogP contribution in [-0.4, -0.2) is 45.3 Å². The van der Waals surface area contributed by atoms with Gasteiger partial charge in [-0.05, 0) is 44.2 Å². The number of likely N-dealkylation sites (N-methyl/N-ethyl adjacent to an activating group) is 1. The number of methoxy groups -OCH3 is 2. The van der Waals surface area contributed by atoms with Gasteiger partial charge in [-0.1, -0.05) is 0 Å². The summed E-state index contributed by atoms with van der Waals surface area (Å²) in [6, 6.07) is 3.88. The number of carbonyl (C=O) groups excluding carboxylic acids is 1. The van der Waals surface area contributed by atoms with Crippen molar-refractivity contribution in [3.63, 3.8) is 0 Å². The second kappa shape index (κ2) is 7.75. The van der Waals surface area contributed by atoms with Crippen molar-refractivity contribution in [1.29, 1.82) is 0 Å². The molecule has 112 valence electrons. The first-order valence-electron chi connectivity index (χ1n) is 6.57. The molecule has 1 aromatic rings. The van der Waals surface area contributed by atoms with Crippen molar-refractivity contribution in [2.24, 2.45) is 0 Å². The third kappa shape index (κ3) is 4.42. The molecule has 1 rings (SSSR count). The molecule has 0 spiro atoms. The van der Waals surface area contributed by atoms with Gasteiger partial charge in [0.05, 0.1) is 27.4 Å². The van der Waals surface area contributed by atoms with E-state index in [-0.39, 0.29) is 12.5 Å². The van der Waals surface area contributed by atoms with Crippen molar-refractivity contribution >= 4 is 5.97 Å². The number of rotatable bonds is 7. The maximum absolute atomic E-state index is 11.4. The van der Waals surface area contributed by atoms with Gasteiger partial charge in [-0.25, -0.2) is 0 Å². The first kappa shape index (κ1) is 16.3. The van der Waals surface area contributed by atoms with E-state index in [1.54, 1.807) is 21.1 Å². The molecule has 0 N–H and O–H groups in total. The van der Waals surface area contributed by atoms with E-state index >= 15 is 0 Å². The Hall–Kier alpha value is -1.75. The van der Waals surface area contributed by atoms with Crippen LogP contribution in [0.3, 0.4) is 0 Å². The van der Waals surface area contributed by atoms with Gasteiger partial charge in [0.2, 0.25) is 0 Å². The minimum Gasteiger partial charge on any atom is -0.493 e. The number of benzene rings is 1. The van der Waals surface area contributed by atoms with Crippen LogP contribution in [0.4, 0.5) is 0 Å². The highest BCUT2D eigenvalue weighted by molar-refractivity contribution is 5.71. The van der Waals surface area contributed by atoms with E-state index in [1.165, 1.54) is 0 Å². The number of esters is 1. The monoisotopic (exact) mass is 281 g/mol. The fourth-order valence-electron chi connectivity index (χ4n) is 1.97. The Kier molecular flexibility index (Phi) is 6.31. The molecular weight excluding hydrogens is 258 g/mol. The normalized spacial score (nSPS) is 10.5. The fraction of sp³-hybridized carbons (Fsp3) is 0.533. The second-order valence-corrected chi connectivity index (χ2v) is 4.61. The largest absolute Gasteiger partial charge is 0.493 e. The average molecular weight is 281 g/mol. The van der Waals surface area contributed by atoms with Gasteiger partial charge >= 0.3 is 5.97 Å². The summed E-state index contributed by atoms with van der Waals surface area (Å²) in [5.74, 6) is 1.19. The highest BCUT2D eigenvalue weighted by atomic mass is 16.5. The van der Waals surface area contributed by atoms with Crippen LogP contribution in [0.15, 0.2) is 12.1 Å². The summed E-state index contributed by atoms with van der Waals surface area (Å²) in [6.07, 6.45) is 0. The summed E-state index contributed by atoms with van der Waals surface area (Å²) in [6.45, 7) is 5.13. The number of ether oxygens (including phenoxy) is 3. The number of carbonyl (C=O) groups is 1. The Morgan fingerprint density at radius 2 is 1.80 bits per heavy atom. The van der Waals surface area contributed by atoms with Gasteiger partial charge in [0.1, 0.15) is 0 Å². The Balaban J connectivity index is 2.79. The van der Waals surface area contributed by atoms with Crippen LogP contribution in [0.2, 0.25) is 0 Å². The Bertz CT molecular complexity index is 459. The van der Waals surface area contributed by atoms with E-state index in [0.717, 1.165) is 11.1 Å². The van der Waals surface area contributed by atoms with Gasteiger partial charge in [0.25, 0.3) is 0 Å². The summed E-state index contributed by atoms with van der Waals surface area (Å²) in [5.41, 5.74) is 2.19. The predicted octanol–water partition coefficient (Wildman–Crippen LogP) is 2.01. The minimum absolute atomic E-state index is 0.215. The van der Waals surface area contributed by atoms with E-state index in [1.807, 2.05) is 31.0 Å². The Labute approximate surface area is 120 Å². The van der Waals surface area contributed by atoms with Crippen molar-refractivity contribution in [3.05, 3.63) is 23.3 Å². The molecule has 0 aliphatic carbocycles. The molecule has 1 aromatic carbocycles. The van der Waals surface area contributed by atoms with Crippen LogP contribution in [0.5, 0.6) is 11.5 Å². The molecule has 0 aliphatic heterocycles. The van der Waals surface area contributed by atoms with E-state index in [2.05, 4.69) is 0 Å². The maximum Gasteiger partial charge on any atom is 0.320 e. The van der Waals surface area contributed by atoms with E-state index < -0.39 is 0 Å². The molecule has 5 nitrogen and oxygen atoms in total. The number of hydrogen-bond acceptors (Lipinski definition) is 5. The molecular formula is C15H23NO4. The first-order chi connectivity index (χ1) is 9.51. The molecule has 20 heavy (non-hydrogen) atoms. The second-order valence-electron chi connectivity index (χ2n) is 4.61. The maximum atomic E-state index is 11.4. The third-order valence-electron chi connectivity index (χ3n) is 2.99. The van der Waals surface area contributed by atoms with Crippen LogP contribution in [0.1, 0.15) is 18.1 Å². The molecule has 0 heterocycles. The molecule has 0 aromatic heterocycles. The number of hydrogen-bond donors (Lipinski definition) is 0. The summed E-state index contributed by atoms with van der Waals surface area (Å²) < 4.78 is 15.5. The van der Waals surface area contributed by atoms with Crippen molar-refractivity contribution < 1.29 is 19.0 Å². The molecule has 0 saturated carbocycles. The van der Waals surface area contributed by atoms with Crippen LogP contribution in [0, 0.1) is 6.92 Å². The smallest absolute Gasteiger partial charge is 0.320 e. The molecule has 0 aliphatic rings. The lowest BCUT2D eigenvalue weighted by Crippen LogP contribution is -2.27. The topological polar surface area (TPSA) is 48.0 Å². The SMILES string of the molecule is CCOC(=O)CN(C)Cc1cc(OC)c(OC)cc1C. The van der Waals surface area contributed by atoms with Gasteiger partial charge in [0, 0.05) is 6.54 Å². The lowest BCUT2D eigenvalue weighted by atomic mass is 10.1.